The van der Waals surface area contributed by atoms with Gasteiger partial charge >= 0.3 is 5.97 Å². The lowest BCUT2D eigenvalue weighted by atomic mass is 9.82. The van der Waals surface area contributed by atoms with Crippen molar-refractivity contribution in [2.24, 2.45) is 5.92 Å². The number of hydrogen-bond acceptors (Lipinski definition) is 6. The van der Waals surface area contributed by atoms with Crippen LogP contribution in [0.25, 0.3) is 0 Å². The van der Waals surface area contributed by atoms with Crippen LogP contribution in [0, 0.1) is 5.92 Å². The van der Waals surface area contributed by atoms with Gasteiger partial charge in [0.2, 0.25) is 12.7 Å². The van der Waals surface area contributed by atoms with Crippen LogP contribution in [-0.4, -0.2) is 48.9 Å². The van der Waals surface area contributed by atoms with Crippen molar-refractivity contribution in [1.82, 2.24) is 4.90 Å². The van der Waals surface area contributed by atoms with E-state index in [0.717, 1.165) is 40.8 Å². The molecular weight excluding hydrogens is 496 g/mol. The number of carboxylic acid groups (broad SMARTS) is 1. The molecule has 1 fully saturated rings. The van der Waals surface area contributed by atoms with Crippen LogP contribution in [0.2, 0.25) is 0 Å². The van der Waals surface area contributed by atoms with Gasteiger partial charge in [0.1, 0.15) is 5.75 Å². The molecule has 0 spiro atoms. The second kappa shape index (κ2) is 11.4. The first kappa shape index (κ1) is 26.6. The SMILES string of the molecule is CCc1cccc(CC)c1NC(=O)CN1C[C@H](c2ccc3c(c2)OCO3)[C@H](C(=O)O)[C@H]1c1ccc(OC)cc1. The minimum Gasteiger partial charge on any atom is -0.497 e. The highest BCUT2D eigenvalue weighted by molar-refractivity contribution is 5.94. The van der Waals surface area contributed by atoms with Gasteiger partial charge in [-0.25, -0.2) is 0 Å². The molecule has 0 aromatic heterocycles. The normalized spacial score (nSPS) is 20.1. The summed E-state index contributed by atoms with van der Waals surface area (Å²) in [5.41, 5.74) is 4.69. The number of hydrogen-bond donors (Lipinski definition) is 2. The van der Waals surface area contributed by atoms with Gasteiger partial charge in [-0.2, -0.15) is 0 Å². The van der Waals surface area contributed by atoms with Crippen LogP contribution in [0.15, 0.2) is 60.7 Å². The summed E-state index contributed by atoms with van der Waals surface area (Å²) in [4.78, 5) is 28.3. The van der Waals surface area contributed by atoms with Gasteiger partial charge in [0.25, 0.3) is 0 Å². The van der Waals surface area contributed by atoms with Gasteiger partial charge in [-0.3, -0.25) is 14.5 Å². The van der Waals surface area contributed by atoms with Crippen LogP contribution in [0.1, 0.15) is 48.1 Å². The molecule has 0 radical (unpaired) electrons. The fourth-order valence-corrected chi connectivity index (χ4v) is 5.84. The average molecular weight is 531 g/mol. The van der Waals surface area contributed by atoms with Crippen molar-refractivity contribution < 1.29 is 28.9 Å². The average Bonchev–Trinajstić information content (AvgIpc) is 3.57. The molecule has 1 saturated heterocycles. The van der Waals surface area contributed by atoms with Crippen LogP contribution in [0.3, 0.4) is 0 Å². The van der Waals surface area contributed by atoms with E-state index in [0.29, 0.717) is 23.8 Å². The maximum atomic E-state index is 13.5. The van der Waals surface area contributed by atoms with Crippen LogP contribution in [0.5, 0.6) is 17.2 Å². The summed E-state index contributed by atoms with van der Waals surface area (Å²) in [5, 5.41) is 13.6. The molecule has 0 unspecified atom stereocenters. The number of likely N-dealkylation sites (tertiary alicyclic amines) is 1. The van der Waals surface area contributed by atoms with E-state index < -0.39 is 17.9 Å². The van der Waals surface area contributed by atoms with Gasteiger partial charge in [0.05, 0.1) is 19.6 Å². The van der Waals surface area contributed by atoms with Crippen molar-refractivity contribution in [3.05, 3.63) is 82.9 Å². The number of methoxy groups -OCH3 is 1. The van der Waals surface area contributed by atoms with Crippen molar-refractivity contribution in [2.45, 2.75) is 38.6 Å². The minimum atomic E-state index is -0.911. The summed E-state index contributed by atoms with van der Waals surface area (Å²) >= 11 is 0. The number of carboxylic acids is 1. The highest BCUT2D eigenvalue weighted by Crippen LogP contribution is 2.47. The van der Waals surface area contributed by atoms with Crippen molar-refractivity contribution in [1.29, 1.82) is 0 Å². The third-order valence-electron chi connectivity index (χ3n) is 7.78. The fourth-order valence-electron chi connectivity index (χ4n) is 5.84. The Balaban J connectivity index is 1.49. The predicted octanol–water partition coefficient (Wildman–Crippen LogP) is 5.03. The van der Waals surface area contributed by atoms with Crippen molar-refractivity contribution >= 4 is 17.6 Å². The third kappa shape index (κ3) is 5.29. The number of rotatable bonds is 9. The van der Waals surface area contributed by atoms with Crippen LogP contribution in [0.4, 0.5) is 5.69 Å². The lowest BCUT2D eigenvalue weighted by Crippen LogP contribution is -2.35. The van der Waals surface area contributed by atoms with Gasteiger partial charge < -0.3 is 24.6 Å². The Labute approximate surface area is 228 Å². The first-order valence-corrected chi connectivity index (χ1v) is 13.3. The number of nitrogens with one attached hydrogen (secondary N) is 1. The van der Waals surface area contributed by atoms with Gasteiger partial charge in [-0.1, -0.05) is 50.2 Å². The molecule has 8 nitrogen and oxygen atoms in total. The molecular formula is C31H34N2O6. The highest BCUT2D eigenvalue weighted by atomic mass is 16.7. The summed E-state index contributed by atoms with van der Waals surface area (Å²) < 4.78 is 16.3. The van der Waals surface area contributed by atoms with Crippen molar-refractivity contribution in [3.8, 4) is 17.2 Å². The fraction of sp³-hybridized carbons (Fsp3) is 0.355. The van der Waals surface area contributed by atoms with E-state index in [1.807, 2.05) is 65.6 Å². The molecule has 2 heterocycles. The Bertz CT molecular complexity index is 1330. The Hall–Kier alpha value is -4.04. The lowest BCUT2D eigenvalue weighted by molar-refractivity contribution is -0.143. The number of aliphatic carboxylic acids is 1. The minimum absolute atomic E-state index is 0.0583. The standard InChI is InChI=1S/C31H34N2O6/c1-4-19-7-6-8-20(5-2)29(19)32-27(34)17-33-16-24(22-11-14-25-26(15-22)39-18-38-25)28(31(35)36)30(33)21-9-12-23(37-3)13-10-21/h6-15,24,28,30H,4-5,16-18H2,1-3H3,(H,32,34)(H,35,36)/t24-,28+,30-/m1/s1. The van der Waals surface area contributed by atoms with Crippen molar-refractivity contribution in [3.63, 3.8) is 0 Å². The molecule has 2 aliphatic rings. The summed E-state index contributed by atoms with van der Waals surface area (Å²) in [7, 11) is 1.59. The van der Waals surface area contributed by atoms with Crippen LogP contribution < -0.4 is 19.5 Å². The lowest BCUT2D eigenvalue weighted by Gasteiger charge is -2.27. The highest BCUT2D eigenvalue weighted by Gasteiger charge is 2.48. The van der Waals surface area contributed by atoms with Crippen LogP contribution >= 0.6 is 0 Å². The third-order valence-corrected chi connectivity index (χ3v) is 7.78. The number of fused-ring (bicyclic) bond motifs is 1. The van der Waals surface area contributed by atoms with Gasteiger partial charge in [0, 0.05) is 24.2 Å². The number of anilines is 1. The maximum Gasteiger partial charge on any atom is 0.309 e. The molecule has 8 heteroatoms. The van der Waals surface area contributed by atoms with E-state index >= 15 is 0 Å². The van der Waals surface area contributed by atoms with Crippen molar-refractivity contribution in [2.75, 3.05) is 32.3 Å². The quantitative estimate of drug-likeness (QED) is 0.401. The molecule has 1 amide bonds. The smallest absolute Gasteiger partial charge is 0.309 e. The number of carbonyl (C=O) groups is 2. The molecule has 2 aliphatic heterocycles. The number of ether oxygens (including phenoxy) is 3. The molecule has 5 rings (SSSR count). The molecule has 39 heavy (non-hydrogen) atoms. The van der Waals surface area contributed by atoms with Crippen LogP contribution in [-0.2, 0) is 22.4 Å². The Morgan fingerprint density at radius 3 is 2.28 bits per heavy atom. The van der Waals surface area contributed by atoms with E-state index in [4.69, 9.17) is 14.2 Å². The monoisotopic (exact) mass is 530 g/mol. The zero-order valence-corrected chi connectivity index (χ0v) is 22.5. The maximum absolute atomic E-state index is 13.5. The first-order valence-electron chi connectivity index (χ1n) is 13.3. The second-order valence-corrected chi connectivity index (χ2v) is 9.94. The number of benzene rings is 3. The number of amides is 1. The Morgan fingerprint density at radius 1 is 0.974 bits per heavy atom. The molecule has 2 N–H and O–H groups in total. The largest absolute Gasteiger partial charge is 0.497 e. The predicted molar refractivity (Wildman–Crippen MR) is 148 cm³/mol. The first-order chi connectivity index (χ1) is 18.9. The van der Waals surface area contributed by atoms with E-state index in [2.05, 4.69) is 19.2 Å². The van der Waals surface area contributed by atoms with Gasteiger partial charge in [-0.05, 0) is 59.4 Å². The molecule has 0 aliphatic carbocycles. The summed E-state index contributed by atoms with van der Waals surface area (Å²) in [6, 6.07) is 18.6. The van der Waals surface area contributed by atoms with E-state index in [-0.39, 0.29) is 25.2 Å². The topological polar surface area (TPSA) is 97.3 Å². The number of para-hydroxylation sites is 1. The zero-order valence-electron chi connectivity index (χ0n) is 22.5. The molecule has 3 aromatic carbocycles. The van der Waals surface area contributed by atoms with Gasteiger partial charge in [0.15, 0.2) is 11.5 Å². The molecule has 3 aromatic rings. The van der Waals surface area contributed by atoms with E-state index in [1.165, 1.54) is 0 Å². The Morgan fingerprint density at radius 2 is 1.64 bits per heavy atom. The summed E-state index contributed by atoms with van der Waals surface area (Å²) in [6.07, 6.45) is 1.60. The molecule has 204 valence electrons. The van der Waals surface area contributed by atoms with E-state index in [1.54, 1.807) is 7.11 Å². The zero-order chi connectivity index (χ0) is 27.5. The second-order valence-electron chi connectivity index (χ2n) is 9.94. The number of nitrogens with zero attached hydrogens (tertiary/aromatic N) is 1. The number of aryl methyl sites for hydroxylation is 2. The Kier molecular flexibility index (Phi) is 7.74. The van der Waals surface area contributed by atoms with Gasteiger partial charge in [-0.15, -0.1) is 0 Å². The van der Waals surface area contributed by atoms with E-state index in [9.17, 15) is 14.7 Å². The molecule has 0 bridgehead atoms. The molecule has 0 saturated carbocycles. The summed E-state index contributed by atoms with van der Waals surface area (Å²) in [5.74, 6) is -0.272. The summed E-state index contributed by atoms with van der Waals surface area (Å²) in [6.45, 7) is 4.74. The number of carbonyl (C=O) groups excluding carboxylic acids is 1. The molecule has 3 atom stereocenters.